The molecule has 0 rings (SSSR count). The first kappa shape index (κ1) is 9.74. The molecule has 0 aliphatic heterocycles. The van der Waals surface area contributed by atoms with Crippen molar-refractivity contribution >= 4 is 11.9 Å². The molecule has 0 saturated carbocycles. The molecule has 0 aromatic carbocycles. The Bertz CT molecular complexity index is 155. The van der Waals surface area contributed by atoms with Gasteiger partial charge in [0.2, 0.25) is 5.91 Å². The number of hydrogen-bond donors (Lipinski definition) is 3. The Morgan fingerprint density at radius 1 is 1.64 bits per heavy atom. The second kappa shape index (κ2) is 5.52. The first-order valence-electron chi connectivity index (χ1n) is 3.45. The highest BCUT2D eigenvalue weighted by Gasteiger charge is 1.94. The van der Waals surface area contributed by atoms with Crippen molar-refractivity contribution in [2.45, 2.75) is 6.92 Å². The van der Waals surface area contributed by atoms with Crippen LogP contribution in [0.25, 0.3) is 0 Å². The summed E-state index contributed by atoms with van der Waals surface area (Å²) in [5, 5.41) is 5.21. The fourth-order valence-electron chi connectivity index (χ4n) is 0.473. The van der Waals surface area contributed by atoms with Gasteiger partial charge in [-0.3, -0.25) is 4.79 Å². The van der Waals surface area contributed by atoms with Crippen LogP contribution in [0.1, 0.15) is 6.92 Å². The zero-order valence-corrected chi connectivity index (χ0v) is 6.85. The van der Waals surface area contributed by atoms with E-state index in [1.807, 2.05) is 6.92 Å². The number of carbonyl (C=O) groups excluding carboxylic acids is 1. The number of guanidine groups is 1. The second-order valence-corrected chi connectivity index (χ2v) is 1.90. The number of aliphatic imine (C=N–C) groups is 1. The van der Waals surface area contributed by atoms with Gasteiger partial charge in [0.25, 0.3) is 0 Å². The lowest BCUT2D eigenvalue weighted by Gasteiger charge is -2.00. The molecular formula is C6H14N4O. The van der Waals surface area contributed by atoms with Crippen LogP contribution in [0.3, 0.4) is 0 Å². The Hall–Kier alpha value is -1.26. The summed E-state index contributed by atoms with van der Waals surface area (Å²) in [5.41, 5.74) is 5.35. The van der Waals surface area contributed by atoms with Crippen molar-refractivity contribution in [2.75, 3.05) is 20.1 Å². The van der Waals surface area contributed by atoms with Gasteiger partial charge in [0.1, 0.15) is 6.54 Å². The summed E-state index contributed by atoms with van der Waals surface area (Å²) < 4.78 is 0. The minimum Gasteiger partial charge on any atom is -0.370 e. The molecule has 0 atom stereocenters. The van der Waals surface area contributed by atoms with Gasteiger partial charge in [-0.25, -0.2) is 4.99 Å². The predicted molar refractivity (Wildman–Crippen MR) is 44.2 cm³/mol. The minimum absolute atomic E-state index is 0.0787. The van der Waals surface area contributed by atoms with E-state index in [1.54, 1.807) is 7.05 Å². The molecule has 0 heterocycles. The summed E-state index contributed by atoms with van der Waals surface area (Å²) in [7, 11) is 1.56. The smallest absolute Gasteiger partial charge is 0.241 e. The standard InChI is InChI=1S/C6H14N4O/c1-3-9-6(7)10-4-5(11)8-2/h3-4H2,1-2H3,(H,8,11)(H3,7,9,10). The Labute approximate surface area is 66.1 Å². The fourth-order valence-corrected chi connectivity index (χ4v) is 0.473. The molecule has 0 fully saturated rings. The van der Waals surface area contributed by atoms with Gasteiger partial charge in [-0.15, -0.1) is 0 Å². The molecule has 4 N–H and O–H groups in total. The molecule has 0 saturated heterocycles. The number of nitrogens with zero attached hydrogens (tertiary/aromatic N) is 1. The molecule has 0 aromatic heterocycles. The molecule has 5 nitrogen and oxygen atoms in total. The monoisotopic (exact) mass is 158 g/mol. The maximum atomic E-state index is 10.6. The zero-order chi connectivity index (χ0) is 8.69. The minimum atomic E-state index is -0.147. The van der Waals surface area contributed by atoms with Gasteiger partial charge < -0.3 is 16.4 Å². The zero-order valence-electron chi connectivity index (χ0n) is 6.85. The van der Waals surface area contributed by atoms with Crippen molar-refractivity contribution < 1.29 is 4.79 Å². The van der Waals surface area contributed by atoms with Gasteiger partial charge in [0, 0.05) is 13.6 Å². The van der Waals surface area contributed by atoms with E-state index in [2.05, 4.69) is 15.6 Å². The lowest BCUT2D eigenvalue weighted by atomic mass is 10.6. The summed E-state index contributed by atoms with van der Waals surface area (Å²) in [6.45, 7) is 2.70. The average molecular weight is 158 g/mol. The van der Waals surface area contributed by atoms with Gasteiger partial charge in [0.05, 0.1) is 0 Å². The van der Waals surface area contributed by atoms with Crippen molar-refractivity contribution in [3.05, 3.63) is 0 Å². The van der Waals surface area contributed by atoms with E-state index in [9.17, 15) is 4.79 Å². The van der Waals surface area contributed by atoms with E-state index in [1.165, 1.54) is 0 Å². The van der Waals surface area contributed by atoms with Crippen molar-refractivity contribution in [1.29, 1.82) is 0 Å². The van der Waals surface area contributed by atoms with Gasteiger partial charge in [0.15, 0.2) is 5.96 Å². The molecule has 0 radical (unpaired) electrons. The van der Waals surface area contributed by atoms with Crippen LogP contribution in [0.15, 0.2) is 4.99 Å². The van der Waals surface area contributed by atoms with E-state index in [0.717, 1.165) is 0 Å². The first-order chi connectivity index (χ1) is 5.20. The molecule has 64 valence electrons. The summed E-state index contributed by atoms with van der Waals surface area (Å²) in [4.78, 5) is 14.4. The SMILES string of the molecule is CCNC(N)=NCC(=O)NC. The molecule has 5 heteroatoms. The maximum Gasteiger partial charge on any atom is 0.241 e. The van der Waals surface area contributed by atoms with Crippen molar-refractivity contribution in [2.24, 2.45) is 10.7 Å². The van der Waals surface area contributed by atoms with Crippen LogP contribution < -0.4 is 16.4 Å². The topological polar surface area (TPSA) is 79.5 Å². The third kappa shape index (κ3) is 5.20. The third-order valence-corrected chi connectivity index (χ3v) is 1.03. The number of carbonyl (C=O) groups is 1. The van der Waals surface area contributed by atoms with E-state index in [0.29, 0.717) is 12.5 Å². The molecule has 0 aliphatic carbocycles. The quantitative estimate of drug-likeness (QED) is 0.351. The van der Waals surface area contributed by atoms with E-state index >= 15 is 0 Å². The Morgan fingerprint density at radius 3 is 2.73 bits per heavy atom. The van der Waals surface area contributed by atoms with Crippen LogP contribution in [0, 0.1) is 0 Å². The maximum absolute atomic E-state index is 10.6. The third-order valence-electron chi connectivity index (χ3n) is 1.03. The highest BCUT2D eigenvalue weighted by Crippen LogP contribution is 1.69. The van der Waals surface area contributed by atoms with E-state index in [-0.39, 0.29) is 12.5 Å². The number of rotatable bonds is 3. The van der Waals surface area contributed by atoms with E-state index < -0.39 is 0 Å². The highest BCUT2D eigenvalue weighted by molar-refractivity contribution is 5.83. The van der Waals surface area contributed by atoms with Gasteiger partial charge in [-0.1, -0.05) is 0 Å². The predicted octanol–water partition coefficient (Wildman–Crippen LogP) is -1.34. The second-order valence-electron chi connectivity index (χ2n) is 1.90. The average Bonchev–Trinajstić information content (AvgIpc) is 2.01. The molecule has 0 bridgehead atoms. The highest BCUT2D eigenvalue weighted by atomic mass is 16.1. The van der Waals surface area contributed by atoms with Crippen LogP contribution in [0.5, 0.6) is 0 Å². The number of nitrogens with one attached hydrogen (secondary N) is 2. The lowest BCUT2D eigenvalue weighted by Crippen LogP contribution is -2.33. The largest absolute Gasteiger partial charge is 0.370 e. The van der Waals surface area contributed by atoms with Gasteiger partial charge in [-0.2, -0.15) is 0 Å². The van der Waals surface area contributed by atoms with Gasteiger partial charge >= 0.3 is 0 Å². The number of nitrogens with two attached hydrogens (primary N) is 1. The Morgan fingerprint density at radius 2 is 2.27 bits per heavy atom. The Kier molecular flexibility index (Phi) is 4.89. The van der Waals surface area contributed by atoms with Gasteiger partial charge in [-0.05, 0) is 6.92 Å². The van der Waals surface area contributed by atoms with Crippen molar-refractivity contribution in [3.63, 3.8) is 0 Å². The molecule has 1 amide bonds. The van der Waals surface area contributed by atoms with E-state index in [4.69, 9.17) is 5.73 Å². The summed E-state index contributed by atoms with van der Waals surface area (Å²) in [6, 6.07) is 0. The fraction of sp³-hybridized carbons (Fsp3) is 0.667. The summed E-state index contributed by atoms with van der Waals surface area (Å²) in [6.07, 6.45) is 0. The van der Waals surface area contributed by atoms with Crippen molar-refractivity contribution in [3.8, 4) is 0 Å². The molecule has 0 spiro atoms. The van der Waals surface area contributed by atoms with Crippen LogP contribution in [-0.4, -0.2) is 32.0 Å². The van der Waals surface area contributed by atoms with Crippen molar-refractivity contribution in [1.82, 2.24) is 10.6 Å². The summed E-state index contributed by atoms with van der Waals surface area (Å²) >= 11 is 0. The normalized spacial score (nSPS) is 10.9. The number of likely N-dealkylation sites (N-methyl/N-ethyl adjacent to an activating group) is 1. The lowest BCUT2D eigenvalue weighted by molar-refractivity contribution is -0.119. The first-order valence-corrected chi connectivity index (χ1v) is 3.45. The number of amides is 1. The Balaban J connectivity index is 3.63. The number of hydrogen-bond acceptors (Lipinski definition) is 2. The molecule has 0 unspecified atom stereocenters. The van der Waals surface area contributed by atoms with Crippen LogP contribution in [0.2, 0.25) is 0 Å². The molecule has 0 aliphatic rings. The molecule has 0 aromatic rings. The summed E-state index contributed by atoms with van der Waals surface area (Å²) in [5.74, 6) is 0.155. The van der Waals surface area contributed by atoms with Crippen LogP contribution in [-0.2, 0) is 4.79 Å². The molecular weight excluding hydrogens is 144 g/mol. The van der Waals surface area contributed by atoms with Crippen LogP contribution in [0.4, 0.5) is 0 Å². The van der Waals surface area contributed by atoms with Crippen LogP contribution >= 0.6 is 0 Å². The molecule has 11 heavy (non-hydrogen) atoms.